The number of esters is 1. The normalized spacial score (nSPS) is 12.8. The van der Waals surface area contributed by atoms with E-state index in [0.717, 1.165) is 18.2 Å². The van der Waals surface area contributed by atoms with Gasteiger partial charge in [-0.2, -0.15) is 26.3 Å². The number of benzene rings is 2. The first-order chi connectivity index (χ1) is 18.1. The van der Waals surface area contributed by atoms with Crippen LogP contribution in [0.3, 0.4) is 0 Å². The van der Waals surface area contributed by atoms with Gasteiger partial charge in [0.15, 0.2) is 5.75 Å². The second-order valence-corrected chi connectivity index (χ2v) is 11.9. The van der Waals surface area contributed by atoms with Crippen molar-refractivity contribution in [2.45, 2.75) is 35.0 Å². The van der Waals surface area contributed by atoms with Crippen molar-refractivity contribution >= 4 is 55.2 Å². The van der Waals surface area contributed by atoms with E-state index in [-0.39, 0.29) is 5.02 Å². The number of hydrogen-bond donors (Lipinski definition) is 3. The molecule has 0 aromatic heterocycles. The number of carboxylic acid groups (broad SMARTS) is 1. The van der Waals surface area contributed by atoms with Gasteiger partial charge in [0, 0.05) is 18.1 Å². The Morgan fingerprint density at radius 1 is 0.825 bits per heavy atom. The van der Waals surface area contributed by atoms with Crippen LogP contribution in [0.4, 0.5) is 26.3 Å². The van der Waals surface area contributed by atoms with Gasteiger partial charge in [-0.1, -0.05) is 23.2 Å². The summed E-state index contributed by atoms with van der Waals surface area (Å²) in [7, 11) is -10.0. The zero-order chi connectivity index (χ0) is 30.7. The van der Waals surface area contributed by atoms with Crippen LogP contribution in [0, 0.1) is 0 Å². The third-order valence-corrected chi connectivity index (χ3v) is 8.17. The Morgan fingerprint density at radius 2 is 1.32 bits per heavy atom. The molecular weight excluding hydrogens is 645 g/mol. The van der Waals surface area contributed by atoms with Crippen LogP contribution in [0.5, 0.6) is 5.75 Å². The van der Waals surface area contributed by atoms with Gasteiger partial charge in [0.2, 0.25) is 20.0 Å². The number of halogens is 8. The van der Waals surface area contributed by atoms with Crippen LogP contribution in [0.15, 0.2) is 40.1 Å². The van der Waals surface area contributed by atoms with Crippen LogP contribution in [-0.2, 0) is 20.0 Å². The number of aromatic carboxylic acids is 1. The predicted molar refractivity (Wildman–Crippen MR) is 127 cm³/mol. The number of carbonyl (C=O) groups excluding carboxylic acids is 1. The van der Waals surface area contributed by atoms with Gasteiger partial charge in [0.25, 0.3) is 0 Å². The van der Waals surface area contributed by atoms with Crippen molar-refractivity contribution in [1.29, 1.82) is 0 Å². The van der Waals surface area contributed by atoms with Gasteiger partial charge in [-0.3, -0.25) is 0 Å². The Labute approximate surface area is 232 Å². The molecule has 0 radical (unpaired) electrons. The smallest absolute Gasteiger partial charge is 0.390 e. The third-order valence-electron chi connectivity index (χ3n) is 4.61. The average molecular weight is 661 g/mol. The van der Waals surface area contributed by atoms with Crippen LogP contribution < -0.4 is 14.2 Å². The average Bonchev–Trinajstić information content (AvgIpc) is 2.77. The van der Waals surface area contributed by atoms with Crippen molar-refractivity contribution in [3.63, 3.8) is 0 Å². The third kappa shape index (κ3) is 9.20. The number of carbonyl (C=O) groups is 2. The SMILES string of the molecule is O=C(Oc1c(Cl)ccc(C(=O)O)c1S(=O)(=O)NCCC(F)(F)F)c1ccc(Cl)cc1S(=O)(=O)NCCC(F)(F)F. The van der Waals surface area contributed by atoms with Gasteiger partial charge in [-0.15, -0.1) is 0 Å². The number of alkyl halides is 6. The second-order valence-electron chi connectivity index (χ2n) is 7.61. The standard InChI is InChI=1S/C20H16Cl2F6N2O8S2/c21-10-1-2-11(14(9-10)39(34,35)29-7-5-19(23,24)25)18(33)38-15-13(22)4-3-12(17(31)32)16(15)40(36,37)30-8-6-20(26,27)28/h1-4,9,29-30H,5-8H2,(H,31,32). The maximum atomic E-state index is 13.0. The molecule has 0 fully saturated rings. The molecule has 222 valence electrons. The van der Waals surface area contributed by atoms with Crippen molar-refractivity contribution < 1.29 is 62.6 Å². The van der Waals surface area contributed by atoms with E-state index < -0.39 is 102 Å². The summed E-state index contributed by atoms with van der Waals surface area (Å²) in [6.45, 7) is -2.38. The van der Waals surface area contributed by atoms with Crippen LogP contribution in [0.2, 0.25) is 10.0 Å². The summed E-state index contributed by atoms with van der Waals surface area (Å²) in [5.41, 5.74) is -1.97. The van der Waals surface area contributed by atoms with Crippen molar-refractivity contribution in [3.8, 4) is 5.75 Å². The first-order valence-electron chi connectivity index (χ1n) is 10.3. The molecule has 40 heavy (non-hydrogen) atoms. The Hall–Kier alpha value is -2.64. The van der Waals surface area contributed by atoms with Crippen molar-refractivity contribution in [1.82, 2.24) is 9.44 Å². The maximum absolute atomic E-state index is 13.0. The summed E-state index contributed by atoms with van der Waals surface area (Å²) in [5.74, 6) is -4.80. The Morgan fingerprint density at radius 3 is 1.82 bits per heavy atom. The van der Waals surface area contributed by atoms with Gasteiger partial charge >= 0.3 is 24.3 Å². The Bertz CT molecular complexity index is 1510. The number of carboxylic acids is 1. The van der Waals surface area contributed by atoms with E-state index in [9.17, 15) is 57.9 Å². The summed E-state index contributed by atoms with van der Waals surface area (Å²) in [6.07, 6.45) is -12.8. The number of nitrogens with one attached hydrogen (secondary N) is 2. The maximum Gasteiger partial charge on any atom is 0.390 e. The highest BCUT2D eigenvalue weighted by molar-refractivity contribution is 7.90. The van der Waals surface area contributed by atoms with Crippen LogP contribution >= 0.6 is 23.2 Å². The molecule has 10 nitrogen and oxygen atoms in total. The molecule has 0 spiro atoms. The van der Waals surface area contributed by atoms with Crippen molar-refractivity contribution in [2.24, 2.45) is 0 Å². The van der Waals surface area contributed by atoms with Gasteiger partial charge in [0.05, 0.1) is 33.9 Å². The fourth-order valence-electron chi connectivity index (χ4n) is 2.91. The molecule has 0 atom stereocenters. The quantitative estimate of drug-likeness (QED) is 0.182. The molecule has 0 saturated carbocycles. The van der Waals surface area contributed by atoms with E-state index in [0.29, 0.717) is 12.1 Å². The van der Waals surface area contributed by atoms with Gasteiger partial charge in [0.1, 0.15) is 4.90 Å². The number of sulfonamides is 2. The molecule has 2 aromatic carbocycles. The van der Waals surface area contributed by atoms with E-state index in [1.54, 1.807) is 4.72 Å². The van der Waals surface area contributed by atoms with Gasteiger partial charge in [-0.25, -0.2) is 35.9 Å². The summed E-state index contributed by atoms with van der Waals surface area (Å²) in [6, 6.07) is 3.83. The molecule has 0 unspecified atom stereocenters. The lowest BCUT2D eigenvalue weighted by Gasteiger charge is -2.17. The summed E-state index contributed by atoms with van der Waals surface area (Å²) < 4.78 is 134. The first-order valence-corrected chi connectivity index (χ1v) is 14.1. The highest BCUT2D eigenvalue weighted by Crippen LogP contribution is 2.36. The van der Waals surface area contributed by atoms with E-state index >= 15 is 0 Å². The zero-order valence-electron chi connectivity index (χ0n) is 19.4. The lowest BCUT2D eigenvalue weighted by molar-refractivity contribution is -0.133. The topological polar surface area (TPSA) is 156 Å². The molecule has 0 amide bonds. The second kappa shape index (κ2) is 12.5. The molecule has 0 heterocycles. The van der Waals surface area contributed by atoms with E-state index in [2.05, 4.69) is 0 Å². The van der Waals surface area contributed by atoms with E-state index in [4.69, 9.17) is 27.9 Å². The van der Waals surface area contributed by atoms with Crippen LogP contribution in [-0.4, -0.2) is 59.3 Å². The Kier molecular flexibility index (Phi) is 10.5. The molecule has 0 aliphatic heterocycles. The van der Waals surface area contributed by atoms with Gasteiger partial charge < -0.3 is 9.84 Å². The minimum absolute atomic E-state index is 0.296. The highest BCUT2D eigenvalue weighted by atomic mass is 35.5. The molecule has 0 aliphatic carbocycles. The van der Waals surface area contributed by atoms with Crippen LogP contribution in [0.1, 0.15) is 33.6 Å². The zero-order valence-corrected chi connectivity index (χ0v) is 22.5. The number of rotatable bonds is 11. The molecular formula is C20H16Cl2F6N2O8S2. The van der Waals surface area contributed by atoms with E-state index in [1.807, 2.05) is 0 Å². The lowest BCUT2D eigenvalue weighted by atomic mass is 10.2. The van der Waals surface area contributed by atoms with Gasteiger partial charge in [-0.05, 0) is 30.3 Å². The number of ether oxygens (including phenoxy) is 1. The number of hydrogen-bond acceptors (Lipinski definition) is 7. The minimum Gasteiger partial charge on any atom is -0.478 e. The van der Waals surface area contributed by atoms with Crippen molar-refractivity contribution in [2.75, 3.05) is 13.1 Å². The molecule has 20 heteroatoms. The van der Waals surface area contributed by atoms with Crippen LogP contribution in [0.25, 0.3) is 0 Å². The van der Waals surface area contributed by atoms with E-state index in [1.165, 1.54) is 4.72 Å². The summed E-state index contributed by atoms with van der Waals surface area (Å²) >= 11 is 11.7. The summed E-state index contributed by atoms with van der Waals surface area (Å²) in [4.78, 5) is 22.3. The highest BCUT2D eigenvalue weighted by Gasteiger charge is 2.34. The summed E-state index contributed by atoms with van der Waals surface area (Å²) in [5, 5.41) is 8.41. The molecule has 0 bridgehead atoms. The predicted octanol–water partition coefficient (Wildman–Crippen LogP) is 4.37. The molecule has 0 aliphatic rings. The minimum atomic E-state index is -5.16. The molecule has 3 N–H and O–H groups in total. The lowest BCUT2D eigenvalue weighted by Crippen LogP contribution is -2.31. The molecule has 2 rings (SSSR count). The monoisotopic (exact) mass is 660 g/mol. The molecule has 2 aromatic rings. The first kappa shape index (κ1) is 33.6. The largest absolute Gasteiger partial charge is 0.478 e. The molecule has 0 saturated heterocycles. The fraction of sp³-hybridized carbons (Fsp3) is 0.300. The Balaban J connectivity index is 2.57. The van der Waals surface area contributed by atoms with Crippen molar-refractivity contribution in [3.05, 3.63) is 51.5 Å². The fourth-order valence-corrected chi connectivity index (χ4v) is 6.00.